The number of hydrogen-bond donors (Lipinski definition) is 5. The molecule has 0 aromatic heterocycles. The van der Waals surface area contributed by atoms with Crippen molar-refractivity contribution >= 4 is 44.2 Å². The van der Waals surface area contributed by atoms with Gasteiger partial charge in [-0.05, 0) is 51.9 Å². The van der Waals surface area contributed by atoms with E-state index in [9.17, 15) is 34.8 Å². The number of phenolic OH excluding ortho intramolecular Hbond substituents is 2. The molecule has 0 unspecified atom stereocenters. The second-order valence-electron chi connectivity index (χ2n) is 7.36. The molecular weight excluding hydrogens is 446 g/mol. The molecule has 2 atom stereocenters. The summed E-state index contributed by atoms with van der Waals surface area (Å²) in [7, 11) is 0. The molecule has 150 valence electrons. The van der Waals surface area contributed by atoms with Crippen LogP contribution in [-0.4, -0.2) is 43.5 Å². The predicted molar refractivity (Wildman–Crippen MR) is 105 cm³/mol. The van der Waals surface area contributed by atoms with Gasteiger partial charge in [0.25, 0.3) is 5.91 Å². The second-order valence-corrected chi connectivity index (χ2v) is 8.21. The Labute approximate surface area is 172 Å². The van der Waals surface area contributed by atoms with Gasteiger partial charge in [-0.25, -0.2) is 0 Å². The highest BCUT2D eigenvalue weighted by Gasteiger charge is 2.58. The summed E-state index contributed by atoms with van der Waals surface area (Å²) < 4.78 is 0.293. The molecule has 0 bridgehead atoms. The van der Waals surface area contributed by atoms with Gasteiger partial charge in [0.15, 0.2) is 11.4 Å². The first-order valence-electron chi connectivity index (χ1n) is 8.71. The van der Waals surface area contributed by atoms with E-state index in [-0.39, 0.29) is 29.5 Å². The summed E-state index contributed by atoms with van der Waals surface area (Å²) in [5, 5.41) is 43.4. The van der Waals surface area contributed by atoms with Gasteiger partial charge in [-0.2, -0.15) is 0 Å². The molecule has 0 saturated carbocycles. The number of amides is 1. The highest BCUT2D eigenvalue weighted by atomic mass is 79.9. The summed E-state index contributed by atoms with van der Waals surface area (Å²) in [4.78, 5) is 37.2. The normalized spacial score (nSPS) is 23.9. The average Bonchev–Trinajstić information content (AvgIpc) is 2.64. The van der Waals surface area contributed by atoms with E-state index in [0.717, 1.165) is 0 Å². The van der Waals surface area contributed by atoms with E-state index in [0.29, 0.717) is 21.0 Å². The Morgan fingerprint density at radius 1 is 1.17 bits per heavy atom. The van der Waals surface area contributed by atoms with Crippen molar-refractivity contribution in [2.75, 3.05) is 0 Å². The largest absolute Gasteiger partial charge is 0.508 e. The van der Waals surface area contributed by atoms with Crippen molar-refractivity contribution in [2.45, 2.75) is 25.4 Å². The predicted octanol–water partition coefficient (Wildman–Crippen LogP) is 1.68. The molecule has 0 radical (unpaired) electrons. The molecule has 2 aliphatic rings. The number of primary amides is 1. The Hall–Kier alpha value is -2.91. The van der Waals surface area contributed by atoms with E-state index < -0.39 is 46.1 Å². The van der Waals surface area contributed by atoms with E-state index in [1.54, 1.807) is 19.1 Å². The molecule has 2 aromatic rings. The van der Waals surface area contributed by atoms with Gasteiger partial charge in [-0.15, -0.1) is 0 Å². The second kappa shape index (κ2) is 6.04. The van der Waals surface area contributed by atoms with Gasteiger partial charge in [0.05, 0.1) is 15.4 Å². The van der Waals surface area contributed by atoms with Crippen LogP contribution in [0, 0.1) is 12.8 Å². The van der Waals surface area contributed by atoms with Gasteiger partial charge in [-0.1, -0.05) is 6.07 Å². The summed E-state index contributed by atoms with van der Waals surface area (Å²) in [6, 6.07) is 3.25. The minimum Gasteiger partial charge on any atom is -0.508 e. The number of fused-ring (bicyclic) bond motifs is 3. The number of carbonyl (C=O) groups excluding carboxylic acids is 3. The number of nitrogens with two attached hydrogens (primary N) is 1. The number of aromatic hydroxyl groups is 2. The molecule has 0 saturated heterocycles. The summed E-state index contributed by atoms with van der Waals surface area (Å²) in [5.41, 5.74) is 2.47. The van der Waals surface area contributed by atoms with E-state index >= 15 is 0 Å². The number of carbonyl (C=O) groups is 3. The first kappa shape index (κ1) is 19.4. The Bertz CT molecular complexity index is 1200. The third kappa shape index (κ3) is 2.31. The van der Waals surface area contributed by atoms with Crippen molar-refractivity contribution in [3.8, 4) is 11.5 Å². The Balaban J connectivity index is 2.08. The molecule has 4 rings (SSSR count). The van der Waals surface area contributed by atoms with Gasteiger partial charge in [0.2, 0.25) is 5.78 Å². The quantitative estimate of drug-likeness (QED) is 0.404. The van der Waals surface area contributed by atoms with E-state index in [1.807, 2.05) is 0 Å². The molecule has 6 N–H and O–H groups in total. The minimum absolute atomic E-state index is 0.00836. The monoisotopic (exact) mass is 461 g/mol. The number of benzene rings is 2. The fourth-order valence-electron chi connectivity index (χ4n) is 4.43. The third-order valence-corrected chi connectivity index (χ3v) is 6.57. The number of aliphatic hydroxyl groups is 2. The molecule has 29 heavy (non-hydrogen) atoms. The van der Waals surface area contributed by atoms with Crippen LogP contribution in [0.3, 0.4) is 0 Å². The van der Waals surface area contributed by atoms with Crippen molar-refractivity contribution < 1.29 is 34.8 Å². The molecule has 0 aliphatic heterocycles. The third-order valence-electron chi connectivity index (χ3n) is 5.93. The van der Waals surface area contributed by atoms with E-state index in [4.69, 9.17) is 5.73 Å². The molecule has 2 aromatic carbocycles. The van der Waals surface area contributed by atoms with Crippen LogP contribution in [0.15, 0.2) is 27.9 Å². The summed E-state index contributed by atoms with van der Waals surface area (Å²) in [6.07, 6.45) is -0.376. The molecule has 9 heteroatoms. The summed E-state index contributed by atoms with van der Waals surface area (Å²) in [6.45, 7) is 1.70. The highest BCUT2D eigenvalue weighted by Crippen LogP contribution is 2.50. The number of hydrogen-bond acceptors (Lipinski definition) is 7. The van der Waals surface area contributed by atoms with Crippen LogP contribution in [0.1, 0.15) is 27.9 Å². The van der Waals surface area contributed by atoms with Crippen molar-refractivity contribution in [1.29, 1.82) is 0 Å². The maximum Gasteiger partial charge on any atom is 0.255 e. The van der Waals surface area contributed by atoms with Crippen LogP contribution in [0.2, 0.25) is 0 Å². The lowest BCUT2D eigenvalue weighted by Gasteiger charge is -2.42. The van der Waals surface area contributed by atoms with Crippen molar-refractivity contribution in [3.05, 3.63) is 44.6 Å². The highest BCUT2D eigenvalue weighted by molar-refractivity contribution is 9.10. The van der Waals surface area contributed by atoms with Crippen LogP contribution >= 0.6 is 15.9 Å². The number of halogens is 1. The van der Waals surface area contributed by atoms with Gasteiger partial charge >= 0.3 is 0 Å². The number of phenols is 2. The summed E-state index contributed by atoms with van der Waals surface area (Å²) >= 11 is 3.16. The zero-order valence-corrected chi connectivity index (χ0v) is 16.7. The molecule has 0 spiro atoms. The van der Waals surface area contributed by atoms with Crippen molar-refractivity contribution in [1.82, 2.24) is 0 Å². The average molecular weight is 462 g/mol. The fourth-order valence-corrected chi connectivity index (χ4v) is 4.76. The maximum atomic E-state index is 13.3. The standard InChI is InChI=1S/C20H16BrNO7/c1-6-8-2-3-10(21)15(24)12(8)16(25)13-9(6)4-7-5-11(23)14(19(22)28)18(27)20(7,29)17(13)26/h2-3,7,24-25,27,29H,4-5H2,1H3,(H2,22,28)/t7-,20+/m0/s1. The first-order valence-corrected chi connectivity index (χ1v) is 9.50. The van der Waals surface area contributed by atoms with Crippen LogP contribution in [-0.2, 0) is 16.0 Å². The number of ketones is 2. The maximum absolute atomic E-state index is 13.3. The lowest BCUT2D eigenvalue weighted by Crippen LogP contribution is -2.56. The zero-order chi connectivity index (χ0) is 21.4. The fraction of sp³-hybridized carbons (Fsp3) is 0.250. The van der Waals surface area contributed by atoms with Crippen LogP contribution in [0.5, 0.6) is 11.5 Å². The number of Topliss-reactive ketones (excluding diaryl/α,β-unsaturated/α-hetero) is 2. The minimum atomic E-state index is -2.58. The first-order chi connectivity index (χ1) is 13.5. The molecule has 8 nitrogen and oxygen atoms in total. The molecule has 2 aliphatic carbocycles. The number of rotatable bonds is 1. The van der Waals surface area contributed by atoms with E-state index in [2.05, 4.69) is 15.9 Å². The van der Waals surface area contributed by atoms with Crippen LogP contribution < -0.4 is 5.73 Å². The number of aliphatic hydroxyl groups excluding tert-OH is 1. The van der Waals surface area contributed by atoms with Crippen LogP contribution in [0.25, 0.3) is 10.8 Å². The SMILES string of the molecule is Cc1c2c(c(O)c3c(O)c(Br)ccc13)C(=O)[C@@]1(O)C(O)=C(C(N)=O)C(=O)C[C@@H]1C2. The Kier molecular flexibility index (Phi) is 4.04. The van der Waals surface area contributed by atoms with E-state index in [1.165, 1.54) is 0 Å². The smallest absolute Gasteiger partial charge is 0.255 e. The molecule has 0 fully saturated rings. The van der Waals surface area contributed by atoms with Gasteiger partial charge in [0, 0.05) is 12.3 Å². The van der Waals surface area contributed by atoms with Crippen molar-refractivity contribution in [2.24, 2.45) is 11.7 Å². The lowest BCUT2D eigenvalue weighted by molar-refractivity contribution is -0.125. The Morgan fingerprint density at radius 3 is 2.45 bits per heavy atom. The summed E-state index contributed by atoms with van der Waals surface area (Å²) in [5.74, 6) is -6.04. The zero-order valence-electron chi connectivity index (χ0n) is 15.1. The van der Waals surface area contributed by atoms with Gasteiger partial charge < -0.3 is 26.2 Å². The van der Waals surface area contributed by atoms with Crippen molar-refractivity contribution in [3.63, 3.8) is 0 Å². The van der Waals surface area contributed by atoms with Gasteiger partial charge in [-0.3, -0.25) is 14.4 Å². The molecule has 1 amide bonds. The number of aryl methyl sites for hydroxylation is 1. The van der Waals surface area contributed by atoms with Gasteiger partial charge in [0.1, 0.15) is 22.8 Å². The molecular formula is C20H16BrNO7. The lowest BCUT2D eigenvalue weighted by atomic mass is 9.63. The Morgan fingerprint density at radius 2 is 1.83 bits per heavy atom. The topological polar surface area (TPSA) is 158 Å². The molecule has 0 heterocycles. The van der Waals surface area contributed by atoms with Crippen LogP contribution in [0.4, 0.5) is 0 Å².